The van der Waals surface area contributed by atoms with E-state index in [9.17, 15) is 14.7 Å². The van der Waals surface area contributed by atoms with Crippen molar-refractivity contribution >= 4 is 23.6 Å². The van der Waals surface area contributed by atoms with Crippen LogP contribution in [0.1, 0.15) is 6.92 Å². The maximum atomic E-state index is 11.3. The van der Waals surface area contributed by atoms with Crippen LogP contribution < -0.4 is 40.4 Å². The molecular formula is C8H9N2NaO3S. The molecule has 1 saturated heterocycles. The zero-order valence-corrected chi connectivity index (χ0v) is 11.3. The molecule has 7 heteroatoms. The van der Waals surface area contributed by atoms with Gasteiger partial charge in [0.2, 0.25) is 5.91 Å². The van der Waals surface area contributed by atoms with Crippen LogP contribution >= 0.6 is 11.8 Å². The van der Waals surface area contributed by atoms with Crippen LogP contribution in [0.5, 0.6) is 0 Å². The van der Waals surface area contributed by atoms with Crippen molar-refractivity contribution in [2.45, 2.75) is 18.3 Å². The molecule has 0 radical (unpaired) electrons. The predicted octanol–water partition coefficient (Wildman–Crippen LogP) is -4.74. The standard InChI is InChI=1S/C8H10N2O3S.Na/c1-3-2-14-7-4(9)6(11)10(7)5(3)8(12)13;/h4,7H,2,9H2,1H3,(H,12,13);/q;+1/p-1/t4-,7-;/m0./s1. The summed E-state index contributed by atoms with van der Waals surface area (Å²) in [5.41, 5.74) is 6.20. The number of amides is 1. The van der Waals surface area contributed by atoms with E-state index in [4.69, 9.17) is 5.73 Å². The number of β-lactam (4-membered cyclic amide) rings is 1. The summed E-state index contributed by atoms with van der Waals surface area (Å²) in [7, 11) is 0. The number of hydrogen-bond acceptors (Lipinski definition) is 5. The maximum absolute atomic E-state index is 11.3. The van der Waals surface area contributed by atoms with Crippen molar-refractivity contribution in [3.05, 3.63) is 11.3 Å². The third kappa shape index (κ3) is 1.85. The van der Waals surface area contributed by atoms with Gasteiger partial charge < -0.3 is 15.6 Å². The SMILES string of the molecule is CC1=C(C(=O)[O-])N2C(=O)[C@H](N)[C@@H]2SC1.[Na+]. The van der Waals surface area contributed by atoms with Crippen molar-refractivity contribution in [3.8, 4) is 0 Å². The minimum atomic E-state index is -1.30. The number of hydrogen-bond donors (Lipinski definition) is 1. The van der Waals surface area contributed by atoms with Gasteiger partial charge in [0.1, 0.15) is 11.4 Å². The Morgan fingerprint density at radius 2 is 2.27 bits per heavy atom. The molecule has 2 N–H and O–H groups in total. The first-order chi connectivity index (χ1) is 6.54. The Balaban J connectivity index is 0.00000112. The van der Waals surface area contributed by atoms with Crippen LogP contribution in [0.15, 0.2) is 11.3 Å². The molecule has 2 heterocycles. The molecule has 0 bridgehead atoms. The van der Waals surface area contributed by atoms with Crippen LogP contribution in [0.2, 0.25) is 0 Å². The van der Waals surface area contributed by atoms with Crippen molar-refractivity contribution in [1.82, 2.24) is 4.90 Å². The summed E-state index contributed by atoms with van der Waals surface area (Å²) in [4.78, 5) is 23.3. The molecule has 0 aromatic carbocycles. The molecule has 76 valence electrons. The first kappa shape index (κ1) is 13.1. The Morgan fingerprint density at radius 3 is 2.80 bits per heavy atom. The summed E-state index contributed by atoms with van der Waals surface area (Å²) < 4.78 is 0. The quantitative estimate of drug-likeness (QED) is 0.365. The number of nitrogens with two attached hydrogens (primary N) is 1. The number of fused-ring (bicyclic) bond motifs is 1. The molecule has 5 nitrogen and oxygen atoms in total. The molecular weight excluding hydrogens is 227 g/mol. The number of aliphatic carboxylic acids is 1. The Kier molecular flexibility index (Phi) is 3.89. The molecule has 2 aliphatic rings. The number of carboxylic acids is 1. The van der Waals surface area contributed by atoms with Gasteiger partial charge in [0, 0.05) is 5.75 Å². The average molecular weight is 236 g/mol. The van der Waals surface area contributed by atoms with Crippen LogP contribution in [0.3, 0.4) is 0 Å². The van der Waals surface area contributed by atoms with E-state index < -0.39 is 12.0 Å². The number of thioether (sulfide) groups is 1. The minimum Gasteiger partial charge on any atom is -0.543 e. The monoisotopic (exact) mass is 236 g/mol. The maximum Gasteiger partial charge on any atom is 1.00 e. The summed E-state index contributed by atoms with van der Waals surface area (Å²) in [5, 5.41) is 10.6. The number of carbonyl (C=O) groups excluding carboxylic acids is 2. The first-order valence-corrected chi connectivity index (χ1v) is 5.20. The van der Waals surface area contributed by atoms with E-state index in [-0.39, 0.29) is 46.5 Å². The molecule has 0 aliphatic carbocycles. The molecule has 0 aromatic rings. The van der Waals surface area contributed by atoms with Crippen molar-refractivity contribution < 1.29 is 44.3 Å². The second-order valence-corrected chi connectivity index (χ2v) is 4.46. The molecule has 15 heavy (non-hydrogen) atoms. The van der Waals surface area contributed by atoms with Crippen molar-refractivity contribution in [2.75, 3.05) is 5.75 Å². The van der Waals surface area contributed by atoms with E-state index >= 15 is 0 Å². The van der Waals surface area contributed by atoms with Crippen molar-refractivity contribution in [1.29, 1.82) is 0 Å². The smallest absolute Gasteiger partial charge is 0.543 e. The normalized spacial score (nSPS) is 29.2. The topological polar surface area (TPSA) is 86.5 Å². The summed E-state index contributed by atoms with van der Waals surface area (Å²) in [5.74, 6) is -1.04. The molecule has 0 unspecified atom stereocenters. The molecule has 0 spiro atoms. The van der Waals surface area contributed by atoms with E-state index in [1.807, 2.05) is 0 Å². The second-order valence-electron chi connectivity index (χ2n) is 3.35. The third-order valence-electron chi connectivity index (χ3n) is 2.39. The van der Waals surface area contributed by atoms with Gasteiger partial charge >= 0.3 is 29.6 Å². The molecule has 1 amide bonds. The Morgan fingerprint density at radius 1 is 1.67 bits per heavy atom. The van der Waals surface area contributed by atoms with Crippen LogP contribution in [0, 0.1) is 0 Å². The summed E-state index contributed by atoms with van der Waals surface area (Å²) in [6.07, 6.45) is 0. The minimum absolute atomic E-state index is 0. The predicted molar refractivity (Wildman–Crippen MR) is 48.8 cm³/mol. The Bertz CT molecular complexity index is 358. The number of carbonyl (C=O) groups is 2. The van der Waals surface area contributed by atoms with Gasteiger partial charge in [0.15, 0.2) is 0 Å². The fourth-order valence-electron chi connectivity index (χ4n) is 1.66. The van der Waals surface area contributed by atoms with Crippen LogP contribution in [0.25, 0.3) is 0 Å². The number of carboxylic acid groups (broad SMARTS) is 1. The van der Waals surface area contributed by atoms with Crippen molar-refractivity contribution in [3.63, 3.8) is 0 Å². The molecule has 2 atom stereocenters. The average Bonchev–Trinajstić information content (AvgIpc) is 2.15. The van der Waals surface area contributed by atoms with Gasteiger partial charge in [-0.15, -0.1) is 11.8 Å². The zero-order valence-electron chi connectivity index (χ0n) is 8.52. The third-order valence-corrected chi connectivity index (χ3v) is 3.84. The van der Waals surface area contributed by atoms with Crippen LogP contribution in [-0.2, 0) is 9.59 Å². The van der Waals surface area contributed by atoms with Gasteiger partial charge in [0.05, 0.1) is 11.7 Å². The van der Waals surface area contributed by atoms with Crippen LogP contribution in [-0.4, -0.2) is 33.9 Å². The molecule has 1 fully saturated rings. The van der Waals surface area contributed by atoms with Gasteiger partial charge in [-0.2, -0.15) is 0 Å². The molecule has 2 aliphatic heterocycles. The molecule has 2 rings (SSSR count). The Hall–Kier alpha value is -0.0100. The largest absolute Gasteiger partial charge is 1.00 e. The summed E-state index contributed by atoms with van der Waals surface area (Å²) in [6, 6.07) is -0.567. The zero-order chi connectivity index (χ0) is 10.5. The van der Waals surface area contributed by atoms with Gasteiger partial charge in [0.25, 0.3) is 0 Å². The van der Waals surface area contributed by atoms with E-state index in [0.717, 1.165) is 0 Å². The number of rotatable bonds is 1. The first-order valence-electron chi connectivity index (χ1n) is 4.15. The fourth-order valence-corrected chi connectivity index (χ4v) is 2.90. The van der Waals surface area contributed by atoms with Crippen molar-refractivity contribution in [2.24, 2.45) is 5.73 Å². The van der Waals surface area contributed by atoms with E-state index in [2.05, 4.69) is 0 Å². The van der Waals surface area contributed by atoms with Gasteiger partial charge in [-0.05, 0) is 12.5 Å². The van der Waals surface area contributed by atoms with E-state index in [1.165, 1.54) is 16.7 Å². The molecule has 0 aromatic heterocycles. The van der Waals surface area contributed by atoms with Crippen LogP contribution in [0.4, 0.5) is 0 Å². The van der Waals surface area contributed by atoms with E-state index in [1.54, 1.807) is 6.92 Å². The molecule has 0 saturated carbocycles. The Labute approximate surface area is 113 Å². The number of nitrogens with zero attached hydrogens (tertiary/aromatic N) is 1. The summed E-state index contributed by atoms with van der Waals surface area (Å²) in [6.45, 7) is 1.69. The second kappa shape index (κ2) is 4.47. The van der Waals surface area contributed by atoms with E-state index in [0.29, 0.717) is 11.3 Å². The van der Waals surface area contributed by atoms with Gasteiger partial charge in [-0.25, -0.2) is 0 Å². The summed E-state index contributed by atoms with van der Waals surface area (Å²) >= 11 is 1.49. The van der Waals surface area contributed by atoms with Gasteiger partial charge in [-0.3, -0.25) is 9.69 Å². The fraction of sp³-hybridized carbons (Fsp3) is 0.500. The van der Waals surface area contributed by atoms with Gasteiger partial charge in [-0.1, -0.05) is 0 Å².